The molecule has 1 N–H and O–H groups in total. The van der Waals surface area contributed by atoms with Crippen LogP contribution in [-0.4, -0.2) is 36.3 Å². The summed E-state index contributed by atoms with van der Waals surface area (Å²) in [5.41, 5.74) is 1.29. The van der Waals surface area contributed by atoms with Crippen LogP contribution < -0.4 is 10.1 Å². The van der Waals surface area contributed by atoms with E-state index in [2.05, 4.69) is 5.32 Å². The Morgan fingerprint density at radius 3 is 2.62 bits per heavy atom. The van der Waals surface area contributed by atoms with Crippen molar-refractivity contribution in [3.8, 4) is 5.75 Å². The van der Waals surface area contributed by atoms with Gasteiger partial charge in [-0.3, -0.25) is 14.5 Å². The van der Waals surface area contributed by atoms with Crippen molar-refractivity contribution in [2.75, 3.05) is 13.7 Å². The molecule has 0 radical (unpaired) electrons. The molecule has 2 aliphatic rings. The van der Waals surface area contributed by atoms with E-state index in [-0.39, 0.29) is 18.2 Å². The van der Waals surface area contributed by atoms with E-state index >= 15 is 0 Å². The van der Waals surface area contributed by atoms with E-state index in [1.165, 1.54) is 0 Å². The van der Waals surface area contributed by atoms with Crippen LogP contribution in [0.15, 0.2) is 48.5 Å². The molecule has 0 unspecified atom stereocenters. The number of hydrogen-bond acceptors (Lipinski definition) is 4. The van der Waals surface area contributed by atoms with Crippen LogP contribution in [0.1, 0.15) is 27.9 Å². The van der Waals surface area contributed by atoms with Gasteiger partial charge in [-0.2, -0.15) is 0 Å². The molecule has 26 heavy (non-hydrogen) atoms. The van der Waals surface area contributed by atoms with Crippen molar-refractivity contribution in [2.24, 2.45) is 0 Å². The number of urea groups is 1. The Hall–Kier alpha value is -3.15. The van der Waals surface area contributed by atoms with Crippen molar-refractivity contribution in [2.45, 2.75) is 18.4 Å². The minimum atomic E-state index is -1.03. The highest BCUT2D eigenvalue weighted by molar-refractivity contribution is 6.11. The second kappa shape index (κ2) is 5.98. The Morgan fingerprint density at radius 2 is 1.88 bits per heavy atom. The minimum absolute atomic E-state index is 0.277. The molecule has 0 saturated carbocycles. The number of nitrogens with one attached hydrogen (secondary N) is 1. The van der Waals surface area contributed by atoms with Crippen LogP contribution >= 0.6 is 0 Å². The van der Waals surface area contributed by atoms with E-state index in [0.29, 0.717) is 17.7 Å². The van der Waals surface area contributed by atoms with Crippen LogP contribution in [0, 0.1) is 0 Å². The molecule has 6 heteroatoms. The summed E-state index contributed by atoms with van der Waals surface area (Å²) < 4.78 is 5.07. The number of methoxy groups -OCH3 is 1. The molecule has 1 aliphatic heterocycles. The van der Waals surface area contributed by atoms with E-state index in [1.54, 1.807) is 31.4 Å². The largest absolute Gasteiger partial charge is 0.497 e. The zero-order valence-corrected chi connectivity index (χ0v) is 14.3. The van der Waals surface area contributed by atoms with Crippen molar-refractivity contribution in [3.63, 3.8) is 0 Å². The van der Waals surface area contributed by atoms with Crippen molar-refractivity contribution in [3.05, 3.63) is 65.2 Å². The number of nitrogens with zero attached hydrogens (tertiary/aromatic N) is 1. The molecular weight excluding hydrogens is 332 g/mol. The number of rotatable bonds is 4. The van der Waals surface area contributed by atoms with Gasteiger partial charge in [0.2, 0.25) is 0 Å². The summed E-state index contributed by atoms with van der Waals surface area (Å²) in [6.45, 7) is -0.277. The quantitative estimate of drug-likeness (QED) is 0.678. The third-order valence-electron chi connectivity index (χ3n) is 5.14. The van der Waals surface area contributed by atoms with Gasteiger partial charge >= 0.3 is 6.03 Å². The van der Waals surface area contributed by atoms with Crippen LogP contribution in [0.4, 0.5) is 4.79 Å². The second-order valence-corrected chi connectivity index (χ2v) is 6.54. The summed E-state index contributed by atoms with van der Waals surface area (Å²) in [5.74, 6) is -0.00754. The summed E-state index contributed by atoms with van der Waals surface area (Å²) in [6, 6.07) is 13.7. The Balaban J connectivity index is 1.58. The summed E-state index contributed by atoms with van der Waals surface area (Å²) in [5, 5.41) is 2.83. The maximum absolute atomic E-state index is 13.0. The van der Waals surface area contributed by atoms with Crippen LogP contribution in [0.25, 0.3) is 0 Å². The van der Waals surface area contributed by atoms with Crippen molar-refractivity contribution in [1.29, 1.82) is 0 Å². The number of amides is 3. The van der Waals surface area contributed by atoms with Crippen LogP contribution in [0.3, 0.4) is 0 Å². The van der Waals surface area contributed by atoms with E-state index in [9.17, 15) is 14.4 Å². The molecular formula is C20H18N2O4. The van der Waals surface area contributed by atoms with Crippen LogP contribution in [-0.2, 0) is 16.8 Å². The molecule has 2 aromatic carbocycles. The molecule has 6 nitrogen and oxygen atoms in total. The molecule has 4 rings (SSSR count). The van der Waals surface area contributed by atoms with Gasteiger partial charge in [0, 0.05) is 5.56 Å². The van der Waals surface area contributed by atoms with Gasteiger partial charge in [-0.25, -0.2) is 4.79 Å². The second-order valence-electron chi connectivity index (χ2n) is 6.54. The van der Waals surface area contributed by atoms with Crippen molar-refractivity contribution < 1.29 is 19.1 Å². The van der Waals surface area contributed by atoms with Gasteiger partial charge in [-0.1, -0.05) is 24.3 Å². The molecule has 132 valence electrons. The fourth-order valence-corrected chi connectivity index (χ4v) is 3.74. The average molecular weight is 350 g/mol. The molecule has 0 aromatic heterocycles. The third kappa shape index (κ3) is 2.37. The topological polar surface area (TPSA) is 75.7 Å². The number of aryl methyl sites for hydroxylation is 1. The van der Waals surface area contributed by atoms with Crippen molar-refractivity contribution >= 4 is 17.7 Å². The number of carbonyl (C=O) groups is 3. The lowest BCUT2D eigenvalue weighted by atomic mass is 9.92. The first-order valence-corrected chi connectivity index (χ1v) is 8.45. The van der Waals surface area contributed by atoms with Gasteiger partial charge < -0.3 is 10.1 Å². The minimum Gasteiger partial charge on any atom is -0.497 e. The first-order chi connectivity index (χ1) is 12.5. The number of hydrogen-bond donors (Lipinski definition) is 1. The van der Waals surface area contributed by atoms with Gasteiger partial charge in [-0.05, 0) is 48.2 Å². The van der Waals surface area contributed by atoms with Gasteiger partial charge in [0.1, 0.15) is 11.3 Å². The first kappa shape index (κ1) is 16.3. The number of fused-ring (bicyclic) bond motifs is 2. The summed E-state index contributed by atoms with van der Waals surface area (Å²) in [4.78, 5) is 39.0. The Kier molecular flexibility index (Phi) is 3.76. The average Bonchev–Trinajstić information content (AvgIpc) is 3.15. The SMILES string of the molecule is COc1ccc(C(=O)CN2C(=O)N[C@]3(CCc4ccccc43)C2=O)cc1. The van der Waals surface area contributed by atoms with Crippen LogP contribution in [0.5, 0.6) is 5.75 Å². The maximum Gasteiger partial charge on any atom is 0.325 e. The zero-order valence-electron chi connectivity index (χ0n) is 14.3. The Morgan fingerprint density at radius 1 is 1.15 bits per heavy atom. The van der Waals surface area contributed by atoms with E-state index in [0.717, 1.165) is 22.4 Å². The predicted octanol–water partition coefficient (Wildman–Crippen LogP) is 2.27. The normalized spacial score (nSPS) is 21.0. The number of imide groups is 1. The van der Waals surface area contributed by atoms with Gasteiger partial charge in [-0.15, -0.1) is 0 Å². The van der Waals surface area contributed by atoms with Crippen LogP contribution in [0.2, 0.25) is 0 Å². The summed E-state index contributed by atoms with van der Waals surface area (Å²) in [7, 11) is 1.54. The maximum atomic E-state index is 13.0. The molecule has 1 spiro atoms. The molecule has 0 bridgehead atoms. The lowest BCUT2D eigenvalue weighted by Crippen LogP contribution is -2.42. The number of ketones is 1. The van der Waals surface area contributed by atoms with Gasteiger partial charge in [0.15, 0.2) is 5.78 Å². The number of carbonyl (C=O) groups excluding carboxylic acids is 3. The lowest BCUT2D eigenvalue weighted by Gasteiger charge is -2.22. The first-order valence-electron chi connectivity index (χ1n) is 8.45. The number of Topliss-reactive ketones (excluding diaryl/α,β-unsaturated/α-hetero) is 1. The molecule has 1 saturated heterocycles. The highest BCUT2D eigenvalue weighted by Gasteiger charge is 2.55. The third-order valence-corrected chi connectivity index (χ3v) is 5.14. The standard InChI is InChI=1S/C20H18N2O4/c1-26-15-8-6-14(7-9-15)17(23)12-22-18(24)20(21-19(22)25)11-10-13-4-2-3-5-16(13)20/h2-9H,10-12H2,1H3,(H,21,25)/t20-/m0/s1. The predicted molar refractivity (Wildman–Crippen MR) is 94.0 cm³/mol. The zero-order chi connectivity index (χ0) is 18.3. The van der Waals surface area contributed by atoms with Gasteiger partial charge in [0.25, 0.3) is 5.91 Å². The monoisotopic (exact) mass is 350 g/mol. The summed E-state index contributed by atoms with van der Waals surface area (Å²) in [6.07, 6.45) is 1.24. The van der Waals surface area contributed by atoms with Gasteiger partial charge in [0.05, 0.1) is 13.7 Å². The molecule has 1 atom stereocenters. The smallest absolute Gasteiger partial charge is 0.325 e. The lowest BCUT2D eigenvalue weighted by molar-refractivity contribution is -0.131. The van der Waals surface area contributed by atoms with E-state index in [4.69, 9.17) is 4.74 Å². The number of ether oxygens (including phenoxy) is 1. The molecule has 2 aromatic rings. The Labute approximate surface area is 150 Å². The molecule has 3 amide bonds. The van der Waals surface area contributed by atoms with E-state index in [1.807, 2.05) is 24.3 Å². The van der Waals surface area contributed by atoms with Crippen molar-refractivity contribution in [1.82, 2.24) is 10.2 Å². The highest BCUT2D eigenvalue weighted by Crippen LogP contribution is 2.41. The van der Waals surface area contributed by atoms with E-state index < -0.39 is 11.6 Å². The molecule has 1 aliphatic carbocycles. The molecule has 1 fully saturated rings. The Bertz CT molecular complexity index is 906. The molecule has 1 heterocycles. The summed E-state index contributed by atoms with van der Waals surface area (Å²) >= 11 is 0. The highest BCUT2D eigenvalue weighted by atomic mass is 16.5. The fraction of sp³-hybridized carbons (Fsp3) is 0.250. The number of benzene rings is 2. The fourth-order valence-electron chi connectivity index (χ4n) is 3.74.